The summed E-state index contributed by atoms with van der Waals surface area (Å²) in [5, 5.41) is 12.0. The molecule has 118 valence electrons. The molecule has 1 aliphatic rings. The molecule has 1 atom stereocenters. The monoisotopic (exact) mass is 363 g/mol. The van der Waals surface area contributed by atoms with E-state index >= 15 is 0 Å². The lowest BCUT2D eigenvalue weighted by atomic mass is 9.99. The second-order valence-corrected chi connectivity index (χ2v) is 6.96. The zero-order chi connectivity index (χ0) is 15.4. The van der Waals surface area contributed by atoms with Crippen LogP contribution in [0.5, 0.6) is 0 Å². The molecule has 1 N–H and O–H groups in total. The number of hydrogen-bond acceptors (Lipinski definition) is 4. The highest BCUT2D eigenvalue weighted by atomic mass is 79.9. The summed E-state index contributed by atoms with van der Waals surface area (Å²) in [5.41, 5.74) is 2.03. The Balaban J connectivity index is 1.59. The lowest BCUT2D eigenvalue weighted by Gasteiger charge is -2.27. The summed E-state index contributed by atoms with van der Waals surface area (Å²) in [6.45, 7) is 4.25. The van der Waals surface area contributed by atoms with Crippen molar-refractivity contribution in [1.29, 1.82) is 0 Å². The fourth-order valence-electron chi connectivity index (χ4n) is 2.98. The van der Waals surface area contributed by atoms with Crippen LogP contribution in [0.3, 0.4) is 0 Å². The predicted molar refractivity (Wildman–Crippen MR) is 91.0 cm³/mol. The van der Waals surface area contributed by atoms with E-state index in [1.165, 1.54) is 19.4 Å². The number of hydrogen-bond donors (Lipinski definition) is 1. The molecular formula is C16H22BrN5. The minimum Gasteiger partial charge on any atom is -0.316 e. The number of nitrogens with zero attached hydrogens (tertiary/aromatic N) is 4. The van der Waals surface area contributed by atoms with Gasteiger partial charge in [-0.2, -0.15) is 0 Å². The Morgan fingerprint density at radius 2 is 2.36 bits per heavy atom. The van der Waals surface area contributed by atoms with Crippen molar-refractivity contribution >= 4 is 15.9 Å². The molecule has 22 heavy (non-hydrogen) atoms. The first kappa shape index (κ1) is 15.6. The summed E-state index contributed by atoms with van der Waals surface area (Å²) in [6, 6.07) is 8.08. The van der Waals surface area contributed by atoms with E-state index < -0.39 is 0 Å². The van der Waals surface area contributed by atoms with Gasteiger partial charge in [-0.3, -0.25) is 0 Å². The molecule has 0 radical (unpaired) electrons. The number of halogens is 1. The Bertz CT molecular complexity index is 606. The first-order valence-electron chi connectivity index (χ1n) is 7.77. The summed E-state index contributed by atoms with van der Waals surface area (Å²) >= 11 is 3.49. The molecule has 0 amide bonds. The van der Waals surface area contributed by atoms with Crippen LogP contribution in [0.15, 0.2) is 34.9 Å². The zero-order valence-corrected chi connectivity index (χ0v) is 14.5. The third kappa shape index (κ3) is 4.15. The normalized spacial score (nSPS) is 18.8. The molecule has 0 bridgehead atoms. The minimum atomic E-state index is 0.749. The number of aromatic nitrogens is 3. The molecule has 6 heteroatoms. The van der Waals surface area contributed by atoms with Crippen molar-refractivity contribution in [3.8, 4) is 5.69 Å². The zero-order valence-electron chi connectivity index (χ0n) is 12.9. The van der Waals surface area contributed by atoms with E-state index in [1.807, 2.05) is 35.1 Å². The summed E-state index contributed by atoms with van der Waals surface area (Å²) < 4.78 is 2.87. The molecule has 0 aliphatic carbocycles. The minimum absolute atomic E-state index is 0.749. The first-order valence-corrected chi connectivity index (χ1v) is 8.56. The lowest BCUT2D eigenvalue weighted by Crippen LogP contribution is -2.36. The third-order valence-corrected chi connectivity index (χ3v) is 4.51. The smallest absolute Gasteiger partial charge is 0.0971 e. The molecule has 1 saturated heterocycles. The number of nitrogens with one attached hydrogen (secondary N) is 1. The topological polar surface area (TPSA) is 46.0 Å². The molecule has 0 spiro atoms. The van der Waals surface area contributed by atoms with Gasteiger partial charge in [-0.05, 0) is 57.1 Å². The third-order valence-electron chi connectivity index (χ3n) is 4.01. The van der Waals surface area contributed by atoms with Gasteiger partial charge in [0, 0.05) is 17.6 Å². The molecule has 1 aliphatic heterocycles. The molecule has 1 aromatic heterocycles. The van der Waals surface area contributed by atoms with Crippen LogP contribution in [0.25, 0.3) is 5.69 Å². The predicted octanol–water partition coefficient (Wildman–Crippen LogP) is 2.46. The van der Waals surface area contributed by atoms with Crippen molar-refractivity contribution in [2.24, 2.45) is 5.92 Å². The number of benzene rings is 1. The highest BCUT2D eigenvalue weighted by molar-refractivity contribution is 9.10. The average molecular weight is 364 g/mol. The van der Waals surface area contributed by atoms with Crippen LogP contribution in [0.4, 0.5) is 0 Å². The van der Waals surface area contributed by atoms with Gasteiger partial charge >= 0.3 is 0 Å². The van der Waals surface area contributed by atoms with Gasteiger partial charge in [0.05, 0.1) is 17.6 Å². The van der Waals surface area contributed by atoms with Gasteiger partial charge in [0.1, 0.15) is 0 Å². The molecule has 0 saturated carbocycles. The van der Waals surface area contributed by atoms with E-state index in [-0.39, 0.29) is 0 Å². The van der Waals surface area contributed by atoms with Crippen molar-refractivity contribution < 1.29 is 0 Å². The molecule has 1 aromatic carbocycles. The van der Waals surface area contributed by atoms with Crippen LogP contribution in [-0.4, -0.2) is 46.6 Å². The fraction of sp³-hybridized carbons (Fsp3) is 0.500. The Labute approximate surface area is 139 Å². The standard InChI is InChI=1S/C16H22BrN5/c1-21(10-13-4-3-7-18-9-13)11-15-12-22(20-19-15)16-6-2-5-14(17)8-16/h2,5-6,8,12-13,18H,3-4,7,9-11H2,1H3. The van der Waals surface area contributed by atoms with Crippen LogP contribution in [-0.2, 0) is 6.54 Å². The molecule has 1 unspecified atom stereocenters. The van der Waals surface area contributed by atoms with E-state index in [4.69, 9.17) is 0 Å². The van der Waals surface area contributed by atoms with Crippen LogP contribution in [0.2, 0.25) is 0 Å². The molecule has 3 rings (SSSR count). The summed E-state index contributed by atoms with van der Waals surface area (Å²) in [4.78, 5) is 2.34. The van der Waals surface area contributed by atoms with Crippen molar-refractivity contribution in [1.82, 2.24) is 25.2 Å². The van der Waals surface area contributed by atoms with E-state index in [2.05, 4.69) is 43.5 Å². The Morgan fingerprint density at radius 1 is 1.45 bits per heavy atom. The highest BCUT2D eigenvalue weighted by Gasteiger charge is 2.15. The average Bonchev–Trinajstić information content (AvgIpc) is 2.96. The van der Waals surface area contributed by atoms with Crippen LogP contribution in [0.1, 0.15) is 18.5 Å². The number of rotatable bonds is 5. The van der Waals surface area contributed by atoms with Crippen LogP contribution >= 0.6 is 15.9 Å². The maximum absolute atomic E-state index is 4.30. The van der Waals surface area contributed by atoms with E-state index in [0.29, 0.717) is 0 Å². The molecule has 2 aromatic rings. The van der Waals surface area contributed by atoms with Gasteiger partial charge in [0.2, 0.25) is 0 Å². The largest absolute Gasteiger partial charge is 0.316 e. The Hall–Kier alpha value is -1.24. The fourth-order valence-corrected chi connectivity index (χ4v) is 3.36. The molecular weight excluding hydrogens is 342 g/mol. The van der Waals surface area contributed by atoms with Crippen LogP contribution < -0.4 is 5.32 Å². The summed E-state index contributed by atoms with van der Waals surface area (Å²) in [5.74, 6) is 0.749. The SMILES string of the molecule is CN(Cc1cn(-c2cccc(Br)c2)nn1)CC1CCCNC1. The van der Waals surface area contributed by atoms with Gasteiger partial charge < -0.3 is 10.2 Å². The van der Waals surface area contributed by atoms with Gasteiger partial charge in [-0.1, -0.05) is 27.2 Å². The van der Waals surface area contributed by atoms with Gasteiger partial charge in [0.15, 0.2) is 0 Å². The molecule has 5 nitrogen and oxygen atoms in total. The number of piperidine rings is 1. The van der Waals surface area contributed by atoms with Crippen molar-refractivity contribution in [2.45, 2.75) is 19.4 Å². The van der Waals surface area contributed by atoms with Crippen LogP contribution in [0, 0.1) is 5.92 Å². The highest BCUT2D eigenvalue weighted by Crippen LogP contribution is 2.16. The maximum atomic E-state index is 4.30. The summed E-state index contributed by atoms with van der Waals surface area (Å²) in [6.07, 6.45) is 4.62. The van der Waals surface area contributed by atoms with Crippen molar-refractivity contribution in [2.75, 3.05) is 26.7 Å². The van der Waals surface area contributed by atoms with E-state index in [0.717, 1.165) is 41.4 Å². The maximum Gasteiger partial charge on any atom is 0.0971 e. The van der Waals surface area contributed by atoms with Gasteiger partial charge in [-0.25, -0.2) is 4.68 Å². The van der Waals surface area contributed by atoms with E-state index in [9.17, 15) is 0 Å². The van der Waals surface area contributed by atoms with E-state index in [1.54, 1.807) is 0 Å². The second kappa shape index (κ2) is 7.35. The van der Waals surface area contributed by atoms with Gasteiger partial charge in [-0.15, -0.1) is 5.10 Å². The molecule has 1 fully saturated rings. The first-order chi connectivity index (χ1) is 10.7. The van der Waals surface area contributed by atoms with Crippen molar-refractivity contribution in [3.05, 3.63) is 40.6 Å². The lowest BCUT2D eigenvalue weighted by molar-refractivity contribution is 0.235. The summed E-state index contributed by atoms with van der Waals surface area (Å²) in [7, 11) is 2.16. The second-order valence-electron chi connectivity index (χ2n) is 6.04. The quantitative estimate of drug-likeness (QED) is 0.886. The van der Waals surface area contributed by atoms with Crippen molar-refractivity contribution in [3.63, 3.8) is 0 Å². The van der Waals surface area contributed by atoms with Gasteiger partial charge in [0.25, 0.3) is 0 Å². The molecule has 2 heterocycles. The Kier molecular flexibility index (Phi) is 5.23. The Morgan fingerprint density at radius 3 is 3.14 bits per heavy atom.